The van der Waals surface area contributed by atoms with Gasteiger partial charge in [-0.2, -0.15) is 0 Å². The van der Waals surface area contributed by atoms with E-state index in [4.69, 9.17) is 5.73 Å². The van der Waals surface area contributed by atoms with Crippen molar-refractivity contribution in [3.8, 4) is 0 Å². The van der Waals surface area contributed by atoms with E-state index in [2.05, 4.69) is 74.5 Å². The molecule has 3 N–H and O–H groups in total. The topological polar surface area (TPSA) is 53.6 Å². The third-order valence-corrected chi connectivity index (χ3v) is 5.16. The summed E-state index contributed by atoms with van der Waals surface area (Å²) in [6.45, 7) is 5.02. The van der Waals surface area contributed by atoms with Gasteiger partial charge >= 0.3 is 0 Å². The predicted octanol–water partition coefficient (Wildman–Crippen LogP) is 4.88. The highest BCUT2D eigenvalue weighted by atomic mass is 127. The molecule has 0 radical (unpaired) electrons. The minimum absolute atomic E-state index is 0. The van der Waals surface area contributed by atoms with Crippen molar-refractivity contribution in [2.24, 2.45) is 16.6 Å². The van der Waals surface area contributed by atoms with Crippen LogP contribution >= 0.6 is 39.9 Å². The number of halogens is 2. The Morgan fingerprint density at radius 1 is 1.19 bits per heavy atom. The van der Waals surface area contributed by atoms with E-state index in [1.807, 2.05) is 12.1 Å². The van der Waals surface area contributed by atoms with Crippen LogP contribution in [0.1, 0.15) is 18.9 Å². The van der Waals surface area contributed by atoms with Crippen LogP contribution in [0.15, 0.2) is 58.0 Å². The number of rotatable bonds is 5. The summed E-state index contributed by atoms with van der Waals surface area (Å²) in [5, 5.41) is 3.18. The fourth-order valence-corrected chi connectivity index (χ4v) is 3.37. The second-order valence-electron chi connectivity index (χ2n) is 6.48. The molecular weight excluding hydrogens is 503 g/mol. The minimum Gasteiger partial charge on any atom is -0.371 e. The largest absolute Gasteiger partial charge is 0.371 e. The summed E-state index contributed by atoms with van der Waals surface area (Å²) in [4.78, 5) is 6.95. The highest BCUT2D eigenvalue weighted by molar-refractivity contribution is 14.0. The smallest absolute Gasteiger partial charge is 0.193 e. The number of nitrogens with one attached hydrogen (secondary N) is 1. The molecular formula is C20H26BrIN4. The van der Waals surface area contributed by atoms with E-state index in [9.17, 15) is 0 Å². The zero-order valence-electron chi connectivity index (χ0n) is 15.0. The Hall–Kier alpha value is -1.28. The molecule has 1 fully saturated rings. The average Bonchev–Trinajstić information content (AvgIpc) is 3.10. The number of hydrogen-bond acceptors (Lipinski definition) is 2. The van der Waals surface area contributed by atoms with Crippen LogP contribution in [0.4, 0.5) is 11.4 Å². The number of nitrogens with zero attached hydrogens (tertiary/aromatic N) is 2. The SMILES string of the molecule is CCc1ccc(NC(N)=NCC2CCN(c3ccc(Br)cc3)C2)cc1.I. The maximum Gasteiger partial charge on any atom is 0.193 e. The van der Waals surface area contributed by atoms with Crippen molar-refractivity contribution in [3.63, 3.8) is 0 Å². The van der Waals surface area contributed by atoms with Crippen LogP contribution in [0.5, 0.6) is 0 Å². The molecule has 2 aromatic rings. The molecule has 3 rings (SSSR count). The van der Waals surface area contributed by atoms with Crippen molar-refractivity contribution in [1.29, 1.82) is 0 Å². The summed E-state index contributed by atoms with van der Waals surface area (Å²) in [6, 6.07) is 16.8. The number of hydrogen-bond donors (Lipinski definition) is 2. The zero-order chi connectivity index (χ0) is 17.6. The average molecular weight is 529 g/mol. The van der Waals surface area contributed by atoms with E-state index in [1.165, 1.54) is 11.3 Å². The maximum atomic E-state index is 6.04. The first kappa shape index (κ1) is 21.0. The molecule has 0 amide bonds. The van der Waals surface area contributed by atoms with E-state index in [1.54, 1.807) is 0 Å². The molecule has 1 aliphatic rings. The quantitative estimate of drug-likeness (QED) is 0.330. The normalized spacial score (nSPS) is 17.1. The monoisotopic (exact) mass is 528 g/mol. The first-order valence-electron chi connectivity index (χ1n) is 8.80. The summed E-state index contributed by atoms with van der Waals surface area (Å²) in [5.74, 6) is 1.04. The second kappa shape index (κ2) is 10.2. The molecule has 1 saturated heterocycles. The van der Waals surface area contributed by atoms with Gasteiger partial charge in [0.1, 0.15) is 0 Å². The number of guanidine groups is 1. The molecule has 140 valence electrons. The van der Waals surface area contributed by atoms with Gasteiger partial charge in [0.2, 0.25) is 0 Å². The Morgan fingerprint density at radius 3 is 2.54 bits per heavy atom. The zero-order valence-corrected chi connectivity index (χ0v) is 18.9. The molecule has 0 bridgehead atoms. The van der Waals surface area contributed by atoms with Gasteiger partial charge < -0.3 is 16.0 Å². The van der Waals surface area contributed by atoms with E-state index in [-0.39, 0.29) is 24.0 Å². The lowest BCUT2D eigenvalue weighted by atomic mass is 10.1. The summed E-state index contributed by atoms with van der Waals surface area (Å²) in [6.07, 6.45) is 2.19. The van der Waals surface area contributed by atoms with Crippen LogP contribution in [0.2, 0.25) is 0 Å². The molecule has 0 spiro atoms. The number of benzene rings is 2. The van der Waals surface area contributed by atoms with E-state index in [0.717, 1.165) is 42.6 Å². The number of nitrogens with two attached hydrogens (primary N) is 1. The van der Waals surface area contributed by atoms with E-state index >= 15 is 0 Å². The van der Waals surface area contributed by atoms with Crippen molar-refractivity contribution < 1.29 is 0 Å². The molecule has 4 nitrogen and oxygen atoms in total. The minimum atomic E-state index is 0. The van der Waals surface area contributed by atoms with Gasteiger partial charge in [-0.1, -0.05) is 35.0 Å². The molecule has 1 heterocycles. The van der Waals surface area contributed by atoms with Crippen molar-refractivity contribution in [1.82, 2.24) is 0 Å². The lowest BCUT2D eigenvalue weighted by molar-refractivity contribution is 0.603. The van der Waals surface area contributed by atoms with Crippen molar-refractivity contribution in [2.75, 3.05) is 29.9 Å². The van der Waals surface area contributed by atoms with Crippen LogP contribution in [0, 0.1) is 5.92 Å². The Morgan fingerprint density at radius 2 is 1.88 bits per heavy atom. The van der Waals surface area contributed by atoms with Crippen LogP contribution < -0.4 is 16.0 Å². The first-order valence-corrected chi connectivity index (χ1v) is 9.59. The van der Waals surface area contributed by atoms with Crippen molar-refractivity contribution in [2.45, 2.75) is 19.8 Å². The van der Waals surface area contributed by atoms with Crippen LogP contribution in [-0.4, -0.2) is 25.6 Å². The van der Waals surface area contributed by atoms with E-state index < -0.39 is 0 Å². The second-order valence-corrected chi connectivity index (χ2v) is 7.39. The Balaban J connectivity index is 0.00000243. The fourth-order valence-electron chi connectivity index (χ4n) is 3.11. The van der Waals surface area contributed by atoms with Crippen LogP contribution in [0.25, 0.3) is 0 Å². The van der Waals surface area contributed by atoms with Gasteiger partial charge in [-0.05, 0) is 60.7 Å². The summed E-state index contributed by atoms with van der Waals surface area (Å²) in [5.41, 5.74) is 9.62. The van der Waals surface area contributed by atoms with Gasteiger partial charge in [-0.15, -0.1) is 24.0 Å². The highest BCUT2D eigenvalue weighted by Crippen LogP contribution is 2.25. The standard InChI is InChI=1S/C20H25BrN4.HI/c1-2-15-3-7-18(8-4-15)24-20(22)23-13-16-11-12-25(14-16)19-9-5-17(21)6-10-19;/h3-10,16H,2,11-14H2,1H3,(H3,22,23,24);1H. The Labute approximate surface area is 181 Å². The molecule has 26 heavy (non-hydrogen) atoms. The summed E-state index contributed by atoms with van der Waals surface area (Å²) < 4.78 is 1.11. The molecule has 0 saturated carbocycles. The van der Waals surface area contributed by atoms with E-state index in [0.29, 0.717) is 11.9 Å². The first-order chi connectivity index (χ1) is 12.1. The molecule has 1 unspecified atom stereocenters. The maximum absolute atomic E-state index is 6.04. The number of aryl methyl sites for hydroxylation is 1. The molecule has 1 aliphatic heterocycles. The summed E-state index contributed by atoms with van der Waals surface area (Å²) >= 11 is 3.48. The fraction of sp³-hybridized carbons (Fsp3) is 0.350. The van der Waals surface area contributed by atoms with Crippen LogP contribution in [0.3, 0.4) is 0 Å². The Kier molecular flexibility index (Phi) is 8.21. The van der Waals surface area contributed by atoms with Gasteiger partial charge in [-0.3, -0.25) is 4.99 Å². The highest BCUT2D eigenvalue weighted by Gasteiger charge is 2.22. The molecule has 1 atom stereocenters. The molecule has 0 aromatic heterocycles. The summed E-state index contributed by atoms with van der Waals surface area (Å²) in [7, 11) is 0. The van der Waals surface area contributed by atoms with Gasteiger partial charge in [-0.25, -0.2) is 0 Å². The molecule has 0 aliphatic carbocycles. The molecule has 2 aromatic carbocycles. The Bertz CT molecular complexity index is 716. The predicted molar refractivity (Wildman–Crippen MR) is 126 cm³/mol. The van der Waals surface area contributed by atoms with Crippen molar-refractivity contribution >= 4 is 57.2 Å². The lowest BCUT2D eigenvalue weighted by Gasteiger charge is -2.18. The van der Waals surface area contributed by atoms with Crippen LogP contribution in [-0.2, 0) is 6.42 Å². The number of aliphatic imine (C=N–C) groups is 1. The number of anilines is 2. The van der Waals surface area contributed by atoms with Gasteiger partial charge in [0.25, 0.3) is 0 Å². The van der Waals surface area contributed by atoms with Gasteiger partial charge in [0.05, 0.1) is 0 Å². The lowest BCUT2D eigenvalue weighted by Crippen LogP contribution is -2.25. The van der Waals surface area contributed by atoms with Gasteiger partial charge in [0, 0.05) is 35.5 Å². The molecule has 6 heteroatoms. The third-order valence-electron chi connectivity index (χ3n) is 4.63. The van der Waals surface area contributed by atoms with Crippen molar-refractivity contribution in [3.05, 3.63) is 58.6 Å². The van der Waals surface area contributed by atoms with Gasteiger partial charge in [0.15, 0.2) is 5.96 Å². The third kappa shape index (κ3) is 5.87.